The Balaban J connectivity index is 2.29. The largest absolute Gasteiger partial charge is 0.462 e. The third kappa shape index (κ3) is 8.43. The maximum absolute atomic E-state index is 15.7. The van der Waals surface area contributed by atoms with Crippen LogP contribution >= 0.6 is 0 Å². The molecule has 0 unspecified atom stereocenters. The zero-order chi connectivity index (χ0) is 30.2. The highest BCUT2D eigenvalue weighted by Crippen LogP contribution is 2.44. The number of nitrogens with two attached hydrogens (primary N) is 2. The van der Waals surface area contributed by atoms with Gasteiger partial charge in [0, 0.05) is 12.7 Å². The van der Waals surface area contributed by atoms with Gasteiger partial charge in [-0.05, 0) is 36.7 Å². The lowest BCUT2D eigenvalue weighted by molar-refractivity contribution is -0.179. The highest BCUT2D eigenvalue weighted by Gasteiger charge is 2.63. The van der Waals surface area contributed by atoms with Crippen molar-refractivity contribution in [3.05, 3.63) is 22.7 Å². The van der Waals surface area contributed by atoms with E-state index in [4.69, 9.17) is 25.7 Å². The molecule has 0 bridgehead atoms. The highest BCUT2D eigenvalue weighted by atomic mass is 19.3. The summed E-state index contributed by atoms with van der Waals surface area (Å²) in [5.41, 5.74) is 10.6. The quantitative estimate of drug-likeness (QED) is 0.266. The van der Waals surface area contributed by atoms with Gasteiger partial charge in [0.25, 0.3) is 0 Å². The Morgan fingerprint density at radius 3 is 2.20 bits per heavy atom. The summed E-state index contributed by atoms with van der Waals surface area (Å²) in [6, 6.07) is -0.763. The molecule has 2 heterocycles. The van der Waals surface area contributed by atoms with Crippen molar-refractivity contribution in [3.8, 4) is 0 Å². The van der Waals surface area contributed by atoms with Crippen molar-refractivity contribution >= 4 is 17.8 Å². The molecular formula is C27H45F2N5O6. The lowest BCUT2D eigenvalue weighted by atomic mass is 9.98. The predicted molar refractivity (Wildman–Crippen MR) is 146 cm³/mol. The fourth-order valence-corrected chi connectivity index (χ4v) is 4.36. The molecule has 1 fully saturated rings. The molecule has 0 saturated carbocycles. The van der Waals surface area contributed by atoms with Gasteiger partial charge in [-0.15, -0.1) is 0 Å². The number of halogens is 2. The summed E-state index contributed by atoms with van der Waals surface area (Å²) in [5.74, 6) is -5.80. The van der Waals surface area contributed by atoms with E-state index in [1.165, 1.54) is 6.07 Å². The number of nitrogens with one attached hydrogen (secondary N) is 1. The van der Waals surface area contributed by atoms with Crippen molar-refractivity contribution in [3.63, 3.8) is 0 Å². The summed E-state index contributed by atoms with van der Waals surface area (Å²) in [6.45, 7) is 10.8. The van der Waals surface area contributed by atoms with Crippen LogP contribution in [0.5, 0.6) is 0 Å². The van der Waals surface area contributed by atoms with E-state index < -0.39 is 60.7 Å². The first-order valence-corrected chi connectivity index (χ1v) is 14.0. The van der Waals surface area contributed by atoms with Crippen LogP contribution in [-0.2, 0) is 23.8 Å². The minimum Gasteiger partial charge on any atom is -0.462 e. The molecule has 1 aliphatic rings. The van der Waals surface area contributed by atoms with E-state index in [2.05, 4.69) is 24.1 Å². The number of nitrogens with zero attached hydrogens (tertiary/aromatic N) is 2. The number of anilines is 1. The number of hydrogen-bond donors (Lipinski definition) is 3. The highest BCUT2D eigenvalue weighted by molar-refractivity contribution is 5.76. The monoisotopic (exact) mass is 573 g/mol. The molecule has 0 amide bonds. The van der Waals surface area contributed by atoms with Gasteiger partial charge in [-0.1, -0.05) is 54.4 Å². The van der Waals surface area contributed by atoms with Crippen LogP contribution in [0.25, 0.3) is 0 Å². The molecule has 5 atom stereocenters. The number of aromatic nitrogens is 2. The molecule has 1 aliphatic heterocycles. The van der Waals surface area contributed by atoms with Crippen molar-refractivity contribution in [1.29, 1.82) is 0 Å². The smallest absolute Gasteiger partial charge is 0.351 e. The van der Waals surface area contributed by atoms with Gasteiger partial charge in [-0.2, -0.15) is 13.8 Å². The Morgan fingerprint density at radius 2 is 1.68 bits per heavy atom. The molecule has 2 rings (SSSR count). The van der Waals surface area contributed by atoms with E-state index in [0.717, 1.165) is 31.9 Å². The van der Waals surface area contributed by atoms with Gasteiger partial charge in [0.15, 0.2) is 6.10 Å². The van der Waals surface area contributed by atoms with Crippen molar-refractivity contribution in [2.45, 2.75) is 104 Å². The van der Waals surface area contributed by atoms with Crippen LogP contribution in [-0.4, -0.2) is 64.9 Å². The number of carbonyl (C=O) groups excluding carboxylic acids is 2. The molecule has 11 nitrogen and oxygen atoms in total. The second kappa shape index (κ2) is 14.8. The topological polar surface area (TPSA) is 161 Å². The van der Waals surface area contributed by atoms with E-state index in [0.29, 0.717) is 17.0 Å². The number of hydrogen-bond acceptors (Lipinski definition) is 10. The summed E-state index contributed by atoms with van der Waals surface area (Å²) in [7, 11) is 0. The Kier molecular flexibility index (Phi) is 12.4. The van der Waals surface area contributed by atoms with E-state index in [1.807, 2.05) is 0 Å². The van der Waals surface area contributed by atoms with Crippen LogP contribution in [0, 0.1) is 17.8 Å². The first kappa shape index (κ1) is 33.6. The fraction of sp³-hybridized carbons (Fsp3) is 0.778. The molecule has 40 heavy (non-hydrogen) atoms. The standard InChI is InChI=1S/C27H45F2N5O6/c1-7-9-17(10-8-2)13-32-19-11-12-34(26(37)33-19)25-27(28,29)22(40-24(36)21(31)16(5)6)18(39-25)14-38-23(35)20(30)15(3)4/h11-12,15-18,20-22,25H,7-10,13-14,30-31H2,1-6H3,(H,32,33,37)/t18-,20+,21+,22-,25-/m1/s1. The summed E-state index contributed by atoms with van der Waals surface area (Å²) in [4.78, 5) is 41.6. The molecule has 228 valence electrons. The van der Waals surface area contributed by atoms with Gasteiger partial charge >= 0.3 is 23.6 Å². The van der Waals surface area contributed by atoms with Crippen LogP contribution in [0.2, 0.25) is 0 Å². The van der Waals surface area contributed by atoms with Crippen molar-refractivity contribution in [2.75, 3.05) is 18.5 Å². The predicted octanol–water partition coefficient (Wildman–Crippen LogP) is 2.83. The Morgan fingerprint density at radius 1 is 1.10 bits per heavy atom. The van der Waals surface area contributed by atoms with Gasteiger partial charge in [-0.25, -0.2) is 4.79 Å². The van der Waals surface area contributed by atoms with Gasteiger partial charge in [0.05, 0.1) is 0 Å². The van der Waals surface area contributed by atoms with Crippen LogP contribution in [0.1, 0.15) is 73.5 Å². The van der Waals surface area contributed by atoms with E-state index in [-0.39, 0.29) is 17.7 Å². The molecule has 13 heteroatoms. The SMILES string of the molecule is CCCC(CCC)CNc1ccn([C@@H]2O[C@H](COC(=O)[C@@H](N)C(C)C)[C@@H](OC(=O)[C@@H](N)C(C)C)C2(F)F)c(=O)n1. The average molecular weight is 574 g/mol. The molecule has 0 spiro atoms. The molecule has 1 aromatic rings. The normalized spacial score (nSPS) is 22.0. The molecule has 5 N–H and O–H groups in total. The fourth-order valence-electron chi connectivity index (χ4n) is 4.36. The number of carbonyl (C=O) groups is 2. The lowest BCUT2D eigenvalue weighted by Gasteiger charge is -2.26. The van der Waals surface area contributed by atoms with Gasteiger partial charge < -0.3 is 31.0 Å². The molecule has 1 saturated heterocycles. The van der Waals surface area contributed by atoms with Crippen LogP contribution in [0.15, 0.2) is 17.1 Å². The number of alkyl halides is 2. The Bertz CT molecular complexity index is 1030. The van der Waals surface area contributed by atoms with Crippen LogP contribution in [0.3, 0.4) is 0 Å². The third-order valence-corrected chi connectivity index (χ3v) is 7.01. The molecule has 0 radical (unpaired) electrons. The van der Waals surface area contributed by atoms with Crippen molar-refractivity contribution in [1.82, 2.24) is 9.55 Å². The Labute approximate surface area is 234 Å². The number of rotatable bonds is 15. The number of ether oxygens (including phenoxy) is 3. The maximum Gasteiger partial charge on any atom is 0.351 e. The average Bonchev–Trinajstić information content (AvgIpc) is 3.13. The summed E-state index contributed by atoms with van der Waals surface area (Å²) < 4.78 is 47.9. The van der Waals surface area contributed by atoms with Crippen LogP contribution < -0.4 is 22.5 Å². The van der Waals surface area contributed by atoms with E-state index in [1.54, 1.807) is 27.7 Å². The third-order valence-electron chi connectivity index (χ3n) is 7.01. The molecule has 1 aromatic heterocycles. The summed E-state index contributed by atoms with van der Waals surface area (Å²) in [6.07, 6.45) is -0.765. The number of esters is 2. The van der Waals surface area contributed by atoms with Gasteiger partial charge in [0.2, 0.25) is 6.23 Å². The first-order valence-electron chi connectivity index (χ1n) is 14.0. The lowest BCUT2D eigenvalue weighted by Crippen LogP contribution is -2.48. The van der Waals surface area contributed by atoms with Crippen LogP contribution in [0.4, 0.5) is 14.6 Å². The molecular weight excluding hydrogens is 528 g/mol. The van der Waals surface area contributed by atoms with Gasteiger partial charge in [0.1, 0.15) is 30.6 Å². The first-order chi connectivity index (χ1) is 18.7. The minimum atomic E-state index is -3.89. The zero-order valence-electron chi connectivity index (χ0n) is 24.3. The molecule has 0 aliphatic carbocycles. The zero-order valence-corrected chi connectivity index (χ0v) is 24.3. The van der Waals surface area contributed by atoms with E-state index in [9.17, 15) is 14.4 Å². The van der Waals surface area contributed by atoms with Crippen molar-refractivity contribution in [2.24, 2.45) is 29.2 Å². The maximum atomic E-state index is 15.7. The van der Waals surface area contributed by atoms with E-state index >= 15 is 8.78 Å². The molecule has 0 aromatic carbocycles. The second-order valence-electron chi connectivity index (χ2n) is 11.1. The van der Waals surface area contributed by atoms with Gasteiger partial charge in [-0.3, -0.25) is 14.2 Å². The minimum absolute atomic E-state index is 0.249. The Hall–Kier alpha value is -2.64. The van der Waals surface area contributed by atoms with Crippen molar-refractivity contribution < 1.29 is 32.6 Å². The second-order valence-corrected chi connectivity index (χ2v) is 11.1. The summed E-state index contributed by atoms with van der Waals surface area (Å²) in [5, 5.41) is 3.11. The summed E-state index contributed by atoms with van der Waals surface area (Å²) >= 11 is 0.